The third-order valence-electron chi connectivity index (χ3n) is 2.58. The lowest BCUT2D eigenvalue weighted by Crippen LogP contribution is -1.95. The number of nitrogens with two attached hydrogens (primary N) is 1. The Morgan fingerprint density at radius 2 is 2.11 bits per heavy atom. The average molecular weight is 244 g/mol. The summed E-state index contributed by atoms with van der Waals surface area (Å²) in [7, 11) is 0. The number of anilines is 1. The van der Waals surface area contributed by atoms with Crippen LogP contribution in [0.1, 0.15) is 18.9 Å². The van der Waals surface area contributed by atoms with Gasteiger partial charge in [-0.25, -0.2) is 4.98 Å². The van der Waals surface area contributed by atoms with E-state index in [1.807, 2.05) is 6.07 Å². The van der Waals surface area contributed by atoms with Gasteiger partial charge in [0.2, 0.25) is 0 Å². The number of aromatic hydroxyl groups is 1. The van der Waals surface area contributed by atoms with Crippen LogP contribution in [0.25, 0.3) is 0 Å². The first-order chi connectivity index (χ1) is 8.70. The molecule has 94 valence electrons. The van der Waals surface area contributed by atoms with Crippen LogP contribution in [0.4, 0.5) is 5.82 Å². The second-order valence-electron chi connectivity index (χ2n) is 4.04. The fraction of sp³-hybridized carbons (Fsp3) is 0.214. The van der Waals surface area contributed by atoms with E-state index in [4.69, 9.17) is 10.5 Å². The molecule has 0 saturated carbocycles. The van der Waals surface area contributed by atoms with E-state index in [2.05, 4.69) is 11.9 Å². The standard InChI is InChI=1S/C14H16N2O2/c1-2-4-10-6-7-12(11(17)9-10)18-13-5-3-8-16-14(13)15/h3,5-9,17H,2,4H2,1H3,(H2,15,16). The van der Waals surface area contributed by atoms with E-state index in [9.17, 15) is 5.11 Å². The molecule has 0 aliphatic rings. The van der Waals surface area contributed by atoms with Crippen LogP contribution >= 0.6 is 0 Å². The third kappa shape index (κ3) is 2.71. The van der Waals surface area contributed by atoms with Gasteiger partial charge in [-0.15, -0.1) is 0 Å². The van der Waals surface area contributed by atoms with Crippen molar-refractivity contribution >= 4 is 5.82 Å². The average Bonchev–Trinajstić information content (AvgIpc) is 2.35. The molecular formula is C14H16N2O2. The van der Waals surface area contributed by atoms with Gasteiger partial charge in [0.25, 0.3) is 0 Å². The smallest absolute Gasteiger partial charge is 0.169 e. The highest BCUT2D eigenvalue weighted by Crippen LogP contribution is 2.33. The number of aryl methyl sites for hydroxylation is 1. The largest absolute Gasteiger partial charge is 0.504 e. The summed E-state index contributed by atoms with van der Waals surface area (Å²) in [5.74, 6) is 1.24. The minimum Gasteiger partial charge on any atom is -0.504 e. The third-order valence-corrected chi connectivity index (χ3v) is 2.58. The molecule has 1 aromatic carbocycles. The number of aromatic nitrogens is 1. The Morgan fingerprint density at radius 1 is 1.28 bits per heavy atom. The monoisotopic (exact) mass is 244 g/mol. The molecule has 0 saturated heterocycles. The Morgan fingerprint density at radius 3 is 2.78 bits per heavy atom. The summed E-state index contributed by atoms with van der Waals surface area (Å²) in [5.41, 5.74) is 6.76. The summed E-state index contributed by atoms with van der Waals surface area (Å²) in [4.78, 5) is 3.92. The second-order valence-corrected chi connectivity index (χ2v) is 4.04. The zero-order valence-corrected chi connectivity index (χ0v) is 10.3. The molecule has 18 heavy (non-hydrogen) atoms. The molecule has 1 aromatic heterocycles. The Labute approximate surface area is 106 Å². The van der Waals surface area contributed by atoms with Gasteiger partial charge < -0.3 is 15.6 Å². The molecule has 0 aliphatic carbocycles. The van der Waals surface area contributed by atoms with E-state index in [-0.39, 0.29) is 5.75 Å². The summed E-state index contributed by atoms with van der Waals surface area (Å²) in [6.45, 7) is 2.10. The highest BCUT2D eigenvalue weighted by atomic mass is 16.5. The van der Waals surface area contributed by atoms with Crippen LogP contribution in [0.2, 0.25) is 0 Å². The van der Waals surface area contributed by atoms with Gasteiger partial charge in [0.05, 0.1) is 0 Å². The van der Waals surface area contributed by atoms with Crippen molar-refractivity contribution in [1.29, 1.82) is 0 Å². The summed E-state index contributed by atoms with van der Waals surface area (Å²) < 4.78 is 5.54. The number of nitrogen functional groups attached to an aromatic ring is 1. The first-order valence-corrected chi connectivity index (χ1v) is 5.91. The number of pyridine rings is 1. The molecular weight excluding hydrogens is 228 g/mol. The lowest BCUT2D eigenvalue weighted by atomic mass is 10.1. The zero-order valence-electron chi connectivity index (χ0n) is 10.3. The van der Waals surface area contributed by atoms with Crippen LogP contribution in [-0.4, -0.2) is 10.1 Å². The molecule has 0 atom stereocenters. The van der Waals surface area contributed by atoms with Crippen molar-refractivity contribution in [2.75, 3.05) is 5.73 Å². The normalized spacial score (nSPS) is 10.3. The highest BCUT2D eigenvalue weighted by molar-refractivity contribution is 5.50. The van der Waals surface area contributed by atoms with Crippen LogP contribution in [0.5, 0.6) is 17.2 Å². The SMILES string of the molecule is CCCc1ccc(Oc2cccnc2N)c(O)c1. The van der Waals surface area contributed by atoms with Crippen LogP contribution in [0.3, 0.4) is 0 Å². The maximum atomic E-state index is 9.88. The Balaban J connectivity index is 2.22. The Bertz CT molecular complexity index is 541. The summed E-state index contributed by atoms with van der Waals surface area (Å²) in [6.07, 6.45) is 3.56. The van der Waals surface area contributed by atoms with Gasteiger partial charge in [0.15, 0.2) is 23.1 Å². The summed E-state index contributed by atoms with van der Waals surface area (Å²) in [5, 5.41) is 9.88. The number of ether oxygens (including phenoxy) is 1. The molecule has 0 unspecified atom stereocenters. The molecule has 2 rings (SSSR count). The molecule has 4 nitrogen and oxygen atoms in total. The molecule has 0 aliphatic heterocycles. The quantitative estimate of drug-likeness (QED) is 0.867. The fourth-order valence-electron chi connectivity index (χ4n) is 1.70. The highest BCUT2D eigenvalue weighted by Gasteiger charge is 2.07. The summed E-state index contributed by atoms with van der Waals surface area (Å²) in [6, 6.07) is 8.83. The first kappa shape index (κ1) is 12.2. The van der Waals surface area contributed by atoms with Crippen LogP contribution in [0.15, 0.2) is 36.5 Å². The first-order valence-electron chi connectivity index (χ1n) is 5.91. The molecule has 0 spiro atoms. The number of phenolic OH excluding ortho intramolecular Hbond substituents is 1. The number of rotatable bonds is 4. The van der Waals surface area contributed by atoms with E-state index in [0.717, 1.165) is 18.4 Å². The van der Waals surface area contributed by atoms with E-state index in [1.165, 1.54) is 0 Å². The maximum Gasteiger partial charge on any atom is 0.169 e. The predicted molar refractivity (Wildman–Crippen MR) is 70.8 cm³/mol. The van der Waals surface area contributed by atoms with Crippen molar-refractivity contribution in [1.82, 2.24) is 4.98 Å². The lowest BCUT2D eigenvalue weighted by Gasteiger charge is -2.10. The predicted octanol–water partition coefficient (Wildman–Crippen LogP) is 3.11. The van der Waals surface area contributed by atoms with E-state index < -0.39 is 0 Å². The molecule has 3 N–H and O–H groups in total. The molecule has 0 fully saturated rings. The van der Waals surface area contributed by atoms with E-state index in [0.29, 0.717) is 17.3 Å². The molecule has 0 bridgehead atoms. The van der Waals surface area contributed by atoms with Gasteiger partial charge in [0, 0.05) is 6.20 Å². The number of hydrogen-bond acceptors (Lipinski definition) is 4. The number of hydrogen-bond donors (Lipinski definition) is 2. The Hall–Kier alpha value is -2.23. The molecule has 0 amide bonds. The number of benzene rings is 1. The van der Waals surface area contributed by atoms with Gasteiger partial charge in [0.1, 0.15) is 0 Å². The molecule has 1 heterocycles. The summed E-state index contributed by atoms with van der Waals surface area (Å²) >= 11 is 0. The van der Waals surface area contributed by atoms with E-state index in [1.54, 1.807) is 30.5 Å². The lowest BCUT2D eigenvalue weighted by molar-refractivity contribution is 0.411. The zero-order chi connectivity index (χ0) is 13.0. The van der Waals surface area contributed by atoms with Crippen molar-refractivity contribution in [3.63, 3.8) is 0 Å². The topological polar surface area (TPSA) is 68.4 Å². The number of nitrogens with zero attached hydrogens (tertiary/aromatic N) is 1. The Kier molecular flexibility index (Phi) is 3.67. The van der Waals surface area contributed by atoms with Crippen molar-refractivity contribution in [3.8, 4) is 17.2 Å². The number of phenols is 1. The van der Waals surface area contributed by atoms with Crippen molar-refractivity contribution in [2.45, 2.75) is 19.8 Å². The van der Waals surface area contributed by atoms with Crippen molar-refractivity contribution < 1.29 is 9.84 Å². The maximum absolute atomic E-state index is 9.88. The van der Waals surface area contributed by atoms with Crippen molar-refractivity contribution in [3.05, 3.63) is 42.1 Å². The molecule has 2 aromatic rings. The van der Waals surface area contributed by atoms with Crippen LogP contribution < -0.4 is 10.5 Å². The van der Waals surface area contributed by atoms with Crippen LogP contribution in [0, 0.1) is 0 Å². The van der Waals surface area contributed by atoms with E-state index >= 15 is 0 Å². The second kappa shape index (κ2) is 5.40. The van der Waals surface area contributed by atoms with Gasteiger partial charge in [-0.05, 0) is 36.2 Å². The van der Waals surface area contributed by atoms with Gasteiger partial charge in [-0.1, -0.05) is 19.4 Å². The van der Waals surface area contributed by atoms with Crippen molar-refractivity contribution in [2.24, 2.45) is 0 Å². The van der Waals surface area contributed by atoms with Gasteiger partial charge in [-0.2, -0.15) is 0 Å². The van der Waals surface area contributed by atoms with Gasteiger partial charge >= 0.3 is 0 Å². The minimum absolute atomic E-state index is 0.115. The minimum atomic E-state index is 0.115. The fourth-order valence-corrected chi connectivity index (χ4v) is 1.70. The molecule has 4 heteroatoms. The van der Waals surface area contributed by atoms with Crippen LogP contribution in [-0.2, 0) is 6.42 Å². The molecule has 0 radical (unpaired) electrons. The van der Waals surface area contributed by atoms with Gasteiger partial charge in [-0.3, -0.25) is 0 Å².